The summed E-state index contributed by atoms with van der Waals surface area (Å²) in [5, 5.41) is 5.10. The lowest BCUT2D eigenvalue weighted by atomic mass is 9.55. The Bertz CT molecular complexity index is 1510. The molecule has 0 aromatic rings. The van der Waals surface area contributed by atoms with Gasteiger partial charge in [-0.3, -0.25) is 0 Å². The van der Waals surface area contributed by atoms with E-state index in [0.29, 0.717) is 0 Å². The molecule has 4 heteroatoms. The fourth-order valence-corrected chi connectivity index (χ4v) is 39.5. The molecule has 314 valence electrons. The molecule has 0 aromatic heterocycles. The van der Waals surface area contributed by atoms with Crippen LogP contribution >= 0.6 is 15.8 Å². The van der Waals surface area contributed by atoms with E-state index in [0.717, 1.165) is 97.2 Å². The number of hydrogen-bond donors (Lipinski definition) is 0. The van der Waals surface area contributed by atoms with Crippen LogP contribution in [0.4, 0.5) is 0 Å². The monoisotopic (exact) mass is 839 g/mol. The van der Waals surface area contributed by atoms with Crippen LogP contribution in [0.3, 0.4) is 0 Å². The van der Waals surface area contributed by atoms with Crippen LogP contribution < -0.4 is 0 Å². The zero-order valence-corrected chi connectivity index (χ0v) is 41.7. The van der Waals surface area contributed by atoms with Crippen LogP contribution in [0.25, 0.3) is 0 Å². The van der Waals surface area contributed by atoms with Gasteiger partial charge in [0.05, 0.1) is 16.1 Å². The second kappa shape index (κ2) is 12.7. The van der Waals surface area contributed by atoms with Crippen LogP contribution in [0, 0.1) is 71.0 Å². The molecule has 17 aliphatic rings. The Morgan fingerprint density at radius 1 is 0.404 bits per heavy atom. The third-order valence-electron chi connectivity index (χ3n) is 22.1. The standard InChI is InChI=1S/C53H84P2Si2/c1-56(2,3)48-19-46(32-54(50-20-34-7-35(21-50)9-36(8-34)22-50)51-23-37-10-38(24-51)12-39(11-37)25-51)47(49(48)57(4,5)6)33-55(52-26-40-13-41(27-52)15-42(14-40)28-52)53-29-43-16-44(30-53)18-45(17-43)31-53/h19,34-45,49H,7-18,20-33H2,1-6H3. The minimum atomic E-state index is -1.51. The van der Waals surface area contributed by atoms with Crippen molar-refractivity contribution in [1.82, 2.24) is 0 Å². The molecule has 0 spiro atoms. The van der Waals surface area contributed by atoms with Crippen molar-refractivity contribution in [3.05, 3.63) is 22.4 Å². The van der Waals surface area contributed by atoms with Crippen molar-refractivity contribution in [3.63, 3.8) is 0 Å². The van der Waals surface area contributed by atoms with Crippen molar-refractivity contribution in [2.24, 2.45) is 71.0 Å². The van der Waals surface area contributed by atoms with Gasteiger partial charge in [0.15, 0.2) is 0 Å². The molecule has 0 heterocycles. The summed E-state index contributed by atoms with van der Waals surface area (Å²) in [5.41, 5.74) is 5.21. The van der Waals surface area contributed by atoms with Crippen molar-refractivity contribution < 1.29 is 0 Å². The van der Waals surface area contributed by atoms with Crippen LogP contribution in [0.2, 0.25) is 44.8 Å². The van der Waals surface area contributed by atoms with E-state index < -0.39 is 16.1 Å². The Labute approximate surface area is 355 Å². The summed E-state index contributed by atoms with van der Waals surface area (Å²) in [4.78, 5) is 0. The highest BCUT2D eigenvalue weighted by molar-refractivity contribution is 7.62. The van der Waals surface area contributed by atoms with E-state index in [-0.39, 0.29) is 15.8 Å². The molecule has 16 fully saturated rings. The fourth-order valence-electron chi connectivity index (χ4n) is 22.3. The van der Waals surface area contributed by atoms with Gasteiger partial charge >= 0.3 is 0 Å². The number of allylic oxidation sites excluding steroid dienone is 4. The summed E-state index contributed by atoms with van der Waals surface area (Å²) in [6.07, 6.45) is 46.3. The predicted octanol–water partition coefficient (Wildman–Crippen LogP) is 15.6. The SMILES string of the molecule is C[Si](C)(C)C1=CC(CP(C23CC4CC(CC(C4)C2)C3)C23CC4CC(CC(C4)C2)C3)=C(CP(C23CC4CC(CC(C4)C2)C3)C23CC4CC(CC(C4)C2)C3)C1[Si](C)(C)C. The van der Waals surface area contributed by atoms with E-state index in [1.54, 1.807) is 166 Å². The number of hydrogen-bond acceptors (Lipinski definition) is 0. The van der Waals surface area contributed by atoms with Crippen molar-refractivity contribution in [2.75, 3.05) is 12.3 Å². The summed E-state index contributed by atoms with van der Waals surface area (Å²) in [6, 6.07) is 0. The maximum Gasteiger partial charge on any atom is 0.0728 e. The zero-order chi connectivity index (χ0) is 38.5. The lowest BCUT2D eigenvalue weighted by Crippen LogP contribution is -2.57. The molecule has 0 radical (unpaired) electrons. The number of rotatable bonds is 10. The van der Waals surface area contributed by atoms with Gasteiger partial charge in [-0.05, 0) is 269 Å². The first-order valence-electron chi connectivity index (χ1n) is 26.1. The highest BCUT2D eigenvalue weighted by Gasteiger charge is 2.65. The summed E-state index contributed by atoms with van der Waals surface area (Å²) in [7, 11) is -3.01. The van der Waals surface area contributed by atoms with Crippen molar-refractivity contribution in [2.45, 2.75) is 220 Å². The minimum Gasteiger partial charge on any atom is -0.0897 e. The molecular formula is C53H84P2Si2. The van der Waals surface area contributed by atoms with Crippen LogP contribution in [0.15, 0.2) is 22.4 Å². The fraction of sp³-hybridized carbons (Fsp3) is 0.925. The van der Waals surface area contributed by atoms with Gasteiger partial charge in [-0.15, -0.1) is 0 Å². The summed E-state index contributed by atoms with van der Waals surface area (Å²) in [5.74, 6) is 13.3. The molecule has 1 unspecified atom stereocenters. The van der Waals surface area contributed by atoms with Gasteiger partial charge in [-0.1, -0.05) is 72.0 Å². The van der Waals surface area contributed by atoms with E-state index in [1.807, 2.05) is 0 Å². The molecule has 17 aliphatic carbocycles. The predicted molar refractivity (Wildman–Crippen MR) is 253 cm³/mol. The van der Waals surface area contributed by atoms with Crippen LogP contribution in [0.5, 0.6) is 0 Å². The second-order valence-electron chi connectivity index (χ2n) is 28.4. The Hall–Kier alpha value is 0.774. The highest BCUT2D eigenvalue weighted by atomic mass is 31.1. The largest absolute Gasteiger partial charge is 0.0897 e. The molecule has 1 atom stereocenters. The average Bonchev–Trinajstić information content (AvgIpc) is 3.47. The summed E-state index contributed by atoms with van der Waals surface area (Å²) < 4.78 is 0. The topological polar surface area (TPSA) is 0 Å². The molecule has 0 nitrogen and oxygen atoms in total. The summed E-state index contributed by atoms with van der Waals surface area (Å²) in [6.45, 7) is 17.0. The van der Waals surface area contributed by atoms with E-state index in [9.17, 15) is 0 Å². The van der Waals surface area contributed by atoms with Gasteiger partial charge in [-0.2, -0.15) is 0 Å². The van der Waals surface area contributed by atoms with Crippen LogP contribution in [-0.4, -0.2) is 49.1 Å². The average molecular weight is 839 g/mol. The maximum absolute atomic E-state index is 3.16. The molecule has 57 heavy (non-hydrogen) atoms. The molecule has 17 rings (SSSR count). The quantitative estimate of drug-likeness (QED) is 0.152. The molecule has 0 N–H and O–H groups in total. The Morgan fingerprint density at radius 2 is 0.649 bits per heavy atom. The maximum atomic E-state index is 3.16. The third-order valence-corrected chi connectivity index (χ3v) is 35.0. The lowest BCUT2D eigenvalue weighted by molar-refractivity contribution is 0.0184. The summed E-state index contributed by atoms with van der Waals surface area (Å²) >= 11 is 0. The molecule has 0 aliphatic heterocycles. The first-order chi connectivity index (χ1) is 27.1. The van der Waals surface area contributed by atoms with E-state index in [1.165, 1.54) is 0 Å². The molecule has 16 bridgehead atoms. The molecule has 0 aromatic carbocycles. The highest BCUT2D eigenvalue weighted by Crippen LogP contribution is 2.82. The molecule has 0 amide bonds. The van der Waals surface area contributed by atoms with Gasteiger partial charge in [0.1, 0.15) is 0 Å². The second-order valence-corrected chi connectivity index (χ2v) is 45.0. The Kier molecular flexibility index (Phi) is 8.54. The zero-order valence-electron chi connectivity index (χ0n) is 37.9. The normalized spacial score (nSPS) is 54.7. The Morgan fingerprint density at radius 3 is 0.877 bits per heavy atom. The van der Waals surface area contributed by atoms with Crippen LogP contribution in [-0.2, 0) is 0 Å². The minimum absolute atomic E-state index is 0.000213. The van der Waals surface area contributed by atoms with Crippen molar-refractivity contribution >= 4 is 32.0 Å². The van der Waals surface area contributed by atoms with Crippen molar-refractivity contribution in [1.29, 1.82) is 0 Å². The smallest absolute Gasteiger partial charge is 0.0728 e. The third kappa shape index (κ3) is 5.98. The van der Waals surface area contributed by atoms with E-state index in [4.69, 9.17) is 0 Å². The lowest BCUT2D eigenvalue weighted by Gasteiger charge is -2.68. The van der Waals surface area contributed by atoms with E-state index in [2.05, 4.69) is 61.7 Å². The van der Waals surface area contributed by atoms with E-state index >= 15 is 0 Å². The van der Waals surface area contributed by atoms with Gasteiger partial charge < -0.3 is 0 Å². The van der Waals surface area contributed by atoms with Crippen molar-refractivity contribution in [3.8, 4) is 0 Å². The first-order valence-corrected chi connectivity index (χ1v) is 36.2. The first kappa shape index (κ1) is 38.3. The molecular weight excluding hydrogens is 755 g/mol. The van der Waals surface area contributed by atoms with Gasteiger partial charge in [0.2, 0.25) is 0 Å². The van der Waals surface area contributed by atoms with Crippen LogP contribution in [0.1, 0.15) is 154 Å². The molecule has 16 saturated carbocycles. The Balaban J connectivity index is 0.971. The van der Waals surface area contributed by atoms with Gasteiger partial charge in [-0.25, -0.2) is 0 Å². The molecule has 0 saturated heterocycles. The van der Waals surface area contributed by atoms with Gasteiger partial charge in [0.25, 0.3) is 0 Å². The van der Waals surface area contributed by atoms with Gasteiger partial charge in [0, 0.05) is 0 Å².